The minimum atomic E-state index is -1.43. The van der Waals surface area contributed by atoms with E-state index < -0.39 is 73.6 Å². The number of primary amides is 1. The van der Waals surface area contributed by atoms with Crippen LogP contribution in [0.4, 0.5) is 0 Å². The van der Waals surface area contributed by atoms with Crippen LogP contribution in [0.1, 0.15) is 19.3 Å². The second-order valence-electron chi connectivity index (χ2n) is 5.10. The Morgan fingerprint density at radius 1 is 0.885 bits per heavy atom. The number of carbonyl (C=O) groups is 6. The molecule has 13 nitrogen and oxygen atoms in total. The van der Waals surface area contributed by atoms with Gasteiger partial charge in [-0.15, -0.1) is 0 Å². The minimum absolute atomic E-state index is 0.347. The Labute approximate surface area is 147 Å². The number of amides is 4. The van der Waals surface area contributed by atoms with Gasteiger partial charge in [0.25, 0.3) is 0 Å². The highest BCUT2D eigenvalue weighted by molar-refractivity contribution is 5.95. The molecule has 2 atom stereocenters. The van der Waals surface area contributed by atoms with Gasteiger partial charge < -0.3 is 37.6 Å². The van der Waals surface area contributed by atoms with Crippen molar-refractivity contribution in [2.24, 2.45) is 11.5 Å². The highest BCUT2D eigenvalue weighted by atomic mass is 16.4. The summed E-state index contributed by atoms with van der Waals surface area (Å²) in [4.78, 5) is 67.7. The van der Waals surface area contributed by atoms with Crippen molar-refractivity contribution in [2.45, 2.75) is 31.3 Å². The van der Waals surface area contributed by atoms with Gasteiger partial charge in [-0.1, -0.05) is 0 Å². The van der Waals surface area contributed by atoms with E-state index in [0.717, 1.165) is 0 Å². The fourth-order valence-corrected chi connectivity index (χ4v) is 1.76. The molecule has 0 aromatic heterocycles. The maximum absolute atomic E-state index is 12.2. The molecule has 9 N–H and O–H groups in total. The predicted molar refractivity (Wildman–Crippen MR) is 84.2 cm³/mol. The first-order chi connectivity index (χ1) is 12.1. The molecule has 0 heterocycles. The molecular formula is C13H21N5O8. The molecule has 0 aliphatic carbocycles. The highest BCUT2D eigenvalue weighted by Gasteiger charge is 2.28. The zero-order valence-corrected chi connectivity index (χ0v) is 13.7. The fraction of sp³-hybridized carbons (Fsp3) is 0.538. The molecule has 0 radical (unpaired) electrons. The first kappa shape index (κ1) is 22.8. The third kappa shape index (κ3) is 9.82. The topological polar surface area (TPSA) is 231 Å². The van der Waals surface area contributed by atoms with Crippen LogP contribution in [0.15, 0.2) is 0 Å². The molecule has 26 heavy (non-hydrogen) atoms. The maximum Gasteiger partial charge on any atom is 0.322 e. The Morgan fingerprint density at radius 3 is 1.96 bits per heavy atom. The van der Waals surface area contributed by atoms with Crippen LogP contribution in [0.25, 0.3) is 0 Å². The molecule has 0 aromatic rings. The summed E-state index contributed by atoms with van der Waals surface area (Å²) in [6.07, 6.45) is -1.43. The van der Waals surface area contributed by atoms with Crippen LogP contribution < -0.4 is 27.4 Å². The van der Waals surface area contributed by atoms with Crippen molar-refractivity contribution in [1.29, 1.82) is 0 Å². The van der Waals surface area contributed by atoms with E-state index >= 15 is 0 Å². The van der Waals surface area contributed by atoms with Gasteiger partial charge in [-0.3, -0.25) is 28.8 Å². The number of nitrogens with one attached hydrogen (secondary N) is 3. The first-order valence-electron chi connectivity index (χ1n) is 7.36. The van der Waals surface area contributed by atoms with E-state index in [1.54, 1.807) is 0 Å². The quantitative estimate of drug-likeness (QED) is 0.175. The summed E-state index contributed by atoms with van der Waals surface area (Å²) in [7, 11) is 0. The molecule has 0 spiro atoms. The summed E-state index contributed by atoms with van der Waals surface area (Å²) in [5.74, 6) is -6.19. The average Bonchev–Trinajstić information content (AvgIpc) is 2.54. The average molecular weight is 375 g/mol. The molecule has 0 rings (SSSR count). The van der Waals surface area contributed by atoms with E-state index in [4.69, 9.17) is 21.7 Å². The summed E-state index contributed by atoms with van der Waals surface area (Å²) < 4.78 is 0. The highest BCUT2D eigenvalue weighted by Crippen LogP contribution is 2.01. The molecule has 0 fully saturated rings. The minimum Gasteiger partial charge on any atom is -0.481 e. The van der Waals surface area contributed by atoms with Gasteiger partial charge >= 0.3 is 11.9 Å². The van der Waals surface area contributed by atoms with E-state index in [9.17, 15) is 28.8 Å². The van der Waals surface area contributed by atoms with E-state index in [0.29, 0.717) is 0 Å². The standard InChI is InChI=1S/C13H21N5O8/c14-4-9(20)17-7(3-8(15)19)13(26)18-6(1-2-10(21)22)12(25)16-5-11(23)24/h6-7H,1-5,14H2,(H2,15,19)(H,16,25)(H,17,20)(H,18,26)(H,21,22)(H,23,24). The molecule has 0 aliphatic rings. The van der Waals surface area contributed by atoms with Gasteiger partial charge in [0, 0.05) is 6.42 Å². The van der Waals surface area contributed by atoms with Gasteiger partial charge in [-0.25, -0.2) is 0 Å². The second kappa shape index (κ2) is 11.4. The monoisotopic (exact) mass is 375 g/mol. The Kier molecular flexibility index (Phi) is 9.95. The van der Waals surface area contributed by atoms with Crippen molar-refractivity contribution in [3.8, 4) is 0 Å². The molecule has 0 aromatic carbocycles. The Balaban J connectivity index is 5.14. The first-order valence-corrected chi connectivity index (χ1v) is 7.36. The van der Waals surface area contributed by atoms with Crippen LogP contribution in [-0.4, -0.2) is 71.0 Å². The van der Waals surface area contributed by atoms with Crippen LogP contribution in [0.3, 0.4) is 0 Å². The van der Waals surface area contributed by atoms with Crippen LogP contribution in [0, 0.1) is 0 Å². The van der Waals surface area contributed by atoms with Crippen molar-refractivity contribution in [2.75, 3.05) is 13.1 Å². The summed E-state index contributed by atoms with van der Waals surface area (Å²) in [5.41, 5.74) is 10.1. The molecule has 0 bridgehead atoms. The maximum atomic E-state index is 12.2. The molecule has 0 saturated heterocycles. The van der Waals surface area contributed by atoms with Gasteiger partial charge in [0.1, 0.15) is 18.6 Å². The SMILES string of the molecule is NCC(=O)NC(CC(N)=O)C(=O)NC(CCC(=O)O)C(=O)NCC(=O)O. The molecule has 146 valence electrons. The molecule has 2 unspecified atom stereocenters. The van der Waals surface area contributed by atoms with Crippen LogP contribution >= 0.6 is 0 Å². The van der Waals surface area contributed by atoms with Gasteiger partial charge in [0.15, 0.2) is 0 Å². The van der Waals surface area contributed by atoms with Crippen molar-refractivity contribution >= 4 is 35.6 Å². The summed E-state index contributed by atoms with van der Waals surface area (Å²) in [5, 5.41) is 23.6. The normalized spacial score (nSPS) is 12.3. The number of hydrogen-bond acceptors (Lipinski definition) is 7. The summed E-state index contributed by atoms with van der Waals surface area (Å²) >= 11 is 0. The third-order valence-corrected chi connectivity index (χ3v) is 2.94. The molecular weight excluding hydrogens is 354 g/mol. The number of carboxylic acid groups (broad SMARTS) is 2. The summed E-state index contributed by atoms with van der Waals surface area (Å²) in [6, 6.07) is -2.83. The predicted octanol–water partition coefficient (Wildman–Crippen LogP) is -4.14. The number of carbonyl (C=O) groups excluding carboxylic acids is 4. The van der Waals surface area contributed by atoms with Crippen molar-refractivity contribution < 1.29 is 39.0 Å². The van der Waals surface area contributed by atoms with E-state index in [2.05, 4.69) is 10.6 Å². The summed E-state index contributed by atoms with van der Waals surface area (Å²) in [6.45, 7) is -1.21. The third-order valence-electron chi connectivity index (χ3n) is 2.94. The zero-order valence-electron chi connectivity index (χ0n) is 13.7. The van der Waals surface area contributed by atoms with Gasteiger partial charge in [-0.05, 0) is 6.42 Å². The lowest BCUT2D eigenvalue weighted by Crippen LogP contribution is -2.55. The van der Waals surface area contributed by atoms with Crippen molar-refractivity contribution in [3.05, 3.63) is 0 Å². The molecule has 0 aliphatic heterocycles. The number of rotatable bonds is 12. The van der Waals surface area contributed by atoms with Gasteiger partial charge in [-0.2, -0.15) is 0 Å². The Bertz CT molecular complexity index is 579. The lowest BCUT2D eigenvalue weighted by atomic mass is 10.1. The number of carboxylic acids is 2. The van der Waals surface area contributed by atoms with Gasteiger partial charge in [0.2, 0.25) is 23.6 Å². The molecule has 4 amide bonds. The van der Waals surface area contributed by atoms with Crippen molar-refractivity contribution in [3.63, 3.8) is 0 Å². The lowest BCUT2D eigenvalue weighted by Gasteiger charge is -2.22. The molecule has 0 saturated carbocycles. The van der Waals surface area contributed by atoms with E-state index in [1.165, 1.54) is 0 Å². The van der Waals surface area contributed by atoms with E-state index in [-0.39, 0.29) is 6.42 Å². The Morgan fingerprint density at radius 2 is 1.50 bits per heavy atom. The number of hydrogen-bond donors (Lipinski definition) is 7. The smallest absolute Gasteiger partial charge is 0.322 e. The fourth-order valence-electron chi connectivity index (χ4n) is 1.76. The number of aliphatic carboxylic acids is 2. The lowest BCUT2D eigenvalue weighted by molar-refractivity contribution is -0.140. The Hall–Kier alpha value is -3.22. The molecule has 13 heteroatoms. The largest absolute Gasteiger partial charge is 0.481 e. The second-order valence-corrected chi connectivity index (χ2v) is 5.10. The van der Waals surface area contributed by atoms with Crippen LogP contribution in [-0.2, 0) is 28.8 Å². The van der Waals surface area contributed by atoms with Gasteiger partial charge in [0.05, 0.1) is 13.0 Å². The van der Waals surface area contributed by atoms with Crippen molar-refractivity contribution in [1.82, 2.24) is 16.0 Å². The van der Waals surface area contributed by atoms with Crippen LogP contribution in [0.2, 0.25) is 0 Å². The van der Waals surface area contributed by atoms with Crippen LogP contribution in [0.5, 0.6) is 0 Å². The van der Waals surface area contributed by atoms with E-state index in [1.807, 2.05) is 5.32 Å². The number of nitrogens with two attached hydrogens (primary N) is 2. The zero-order chi connectivity index (χ0) is 20.3.